The molecule has 0 N–H and O–H groups in total. The van der Waals surface area contributed by atoms with E-state index in [-0.39, 0.29) is 0 Å². The van der Waals surface area contributed by atoms with Crippen molar-refractivity contribution in [3.63, 3.8) is 0 Å². The van der Waals surface area contributed by atoms with Crippen molar-refractivity contribution in [2.24, 2.45) is 0 Å². The van der Waals surface area contributed by atoms with Crippen LogP contribution in [0.25, 0.3) is 0 Å². The molecule has 0 heterocycles. The van der Waals surface area contributed by atoms with Crippen LogP contribution in [-0.2, 0) is 0 Å². The van der Waals surface area contributed by atoms with E-state index in [1.165, 1.54) is 18.4 Å². The van der Waals surface area contributed by atoms with Crippen LogP contribution in [0.1, 0.15) is 29.9 Å². The molecule has 1 saturated carbocycles. The quantitative estimate of drug-likeness (QED) is 0.683. The predicted molar refractivity (Wildman–Crippen MR) is 52.9 cm³/mol. The molecule has 0 aliphatic heterocycles. The van der Waals surface area contributed by atoms with Crippen molar-refractivity contribution in [1.29, 1.82) is 0 Å². The van der Waals surface area contributed by atoms with E-state index in [9.17, 15) is 0 Å². The van der Waals surface area contributed by atoms with Gasteiger partial charge in [0, 0.05) is 5.56 Å². The summed E-state index contributed by atoms with van der Waals surface area (Å²) in [5, 5.41) is 0. The van der Waals surface area contributed by atoms with Gasteiger partial charge in [0.05, 0.1) is 7.11 Å². The van der Waals surface area contributed by atoms with E-state index >= 15 is 0 Å². The lowest BCUT2D eigenvalue weighted by atomic mass is 10.1. The summed E-state index contributed by atoms with van der Waals surface area (Å²) < 4.78 is 5.37. The third kappa shape index (κ3) is 1.46. The average Bonchev–Trinajstić information content (AvgIpc) is 2.99. The van der Waals surface area contributed by atoms with E-state index < -0.39 is 0 Å². The second-order valence-electron chi connectivity index (χ2n) is 3.38. The first kappa shape index (κ1) is 8.36. The maximum atomic E-state index is 5.37. The summed E-state index contributed by atoms with van der Waals surface area (Å²) in [6, 6.07) is 6.17. The summed E-state index contributed by atoms with van der Waals surface area (Å²) in [7, 11) is 1.71. The molecule has 1 aromatic carbocycles. The second kappa shape index (κ2) is 3.25. The Kier molecular flexibility index (Phi) is 2.09. The van der Waals surface area contributed by atoms with Crippen LogP contribution in [0, 0.1) is 6.08 Å². The maximum Gasteiger partial charge on any atom is 0.130 e. The van der Waals surface area contributed by atoms with Gasteiger partial charge in [-0.15, -0.1) is 0 Å². The molecule has 1 radical (unpaired) electrons. The van der Waals surface area contributed by atoms with E-state index in [0.717, 1.165) is 11.3 Å². The highest BCUT2D eigenvalue weighted by Crippen LogP contribution is 2.45. The topological polar surface area (TPSA) is 9.23 Å². The SMILES string of the molecule is C=[C]c1cccc(C2CC2)c1OC. The molecule has 0 saturated heterocycles. The minimum atomic E-state index is 0.711. The van der Waals surface area contributed by atoms with E-state index in [4.69, 9.17) is 4.74 Å². The number of hydrogen-bond donors (Lipinski definition) is 0. The molecule has 0 spiro atoms. The second-order valence-corrected chi connectivity index (χ2v) is 3.38. The zero-order valence-electron chi connectivity index (χ0n) is 7.84. The largest absolute Gasteiger partial charge is 0.496 e. The van der Waals surface area contributed by atoms with Crippen molar-refractivity contribution < 1.29 is 4.74 Å². The molecule has 1 nitrogen and oxygen atoms in total. The Balaban J connectivity index is 2.47. The molecule has 13 heavy (non-hydrogen) atoms. The predicted octanol–water partition coefficient (Wildman–Crippen LogP) is 2.91. The summed E-state index contributed by atoms with van der Waals surface area (Å²) >= 11 is 0. The number of hydrogen-bond acceptors (Lipinski definition) is 1. The number of ether oxygens (including phenoxy) is 1. The molecule has 0 aromatic heterocycles. The number of methoxy groups -OCH3 is 1. The molecular formula is C12H13O. The Morgan fingerprint density at radius 3 is 2.77 bits per heavy atom. The van der Waals surface area contributed by atoms with Crippen LogP contribution < -0.4 is 4.74 Å². The van der Waals surface area contributed by atoms with Gasteiger partial charge >= 0.3 is 0 Å². The van der Waals surface area contributed by atoms with E-state index in [1.807, 2.05) is 12.1 Å². The third-order valence-corrected chi connectivity index (χ3v) is 2.46. The highest BCUT2D eigenvalue weighted by Gasteiger charge is 2.27. The number of para-hydroxylation sites is 1. The lowest BCUT2D eigenvalue weighted by Crippen LogP contribution is -1.93. The van der Waals surface area contributed by atoms with Crippen LogP contribution >= 0.6 is 0 Å². The Bertz CT molecular complexity index is 324. The van der Waals surface area contributed by atoms with Gasteiger partial charge < -0.3 is 4.74 Å². The van der Waals surface area contributed by atoms with E-state index in [1.54, 1.807) is 7.11 Å². The van der Waals surface area contributed by atoms with Gasteiger partial charge in [0.1, 0.15) is 5.75 Å². The van der Waals surface area contributed by atoms with E-state index in [0.29, 0.717) is 5.92 Å². The minimum Gasteiger partial charge on any atom is -0.496 e. The van der Waals surface area contributed by atoms with Crippen LogP contribution in [-0.4, -0.2) is 7.11 Å². The van der Waals surface area contributed by atoms with Crippen LogP contribution in [0.5, 0.6) is 5.75 Å². The molecule has 2 rings (SSSR count). The summed E-state index contributed by atoms with van der Waals surface area (Å²) in [6.07, 6.45) is 5.47. The number of rotatable bonds is 3. The van der Waals surface area contributed by atoms with Crippen molar-refractivity contribution in [2.75, 3.05) is 7.11 Å². The van der Waals surface area contributed by atoms with Crippen molar-refractivity contribution in [2.45, 2.75) is 18.8 Å². The van der Waals surface area contributed by atoms with Gasteiger partial charge in [-0.1, -0.05) is 24.8 Å². The zero-order valence-corrected chi connectivity index (χ0v) is 7.84. The van der Waals surface area contributed by atoms with Crippen molar-refractivity contribution in [3.8, 4) is 5.75 Å². The molecule has 0 bridgehead atoms. The van der Waals surface area contributed by atoms with Gasteiger partial charge in [0.2, 0.25) is 0 Å². The lowest BCUT2D eigenvalue weighted by Gasteiger charge is -2.09. The normalized spacial score (nSPS) is 15.5. The fourth-order valence-corrected chi connectivity index (χ4v) is 1.64. The van der Waals surface area contributed by atoms with Gasteiger partial charge in [0.15, 0.2) is 0 Å². The van der Waals surface area contributed by atoms with Gasteiger partial charge in [-0.3, -0.25) is 0 Å². The average molecular weight is 173 g/mol. The zero-order chi connectivity index (χ0) is 9.26. The Labute approximate surface area is 79.0 Å². The summed E-state index contributed by atoms with van der Waals surface area (Å²) in [5.74, 6) is 1.67. The fraction of sp³-hybridized carbons (Fsp3) is 0.333. The summed E-state index contributed by atoms with van der Waals surface area (Å²) in [5.41, 5.74) is 2.29. The van der Waals surface area contributed by atoms with Crippen molar-refractivity contribution in [3.05, 3.63) is 42.0 Å². The summed E-state index contributed by atoms with van der Waals surface area (Å²) in [4.78, 5) is 0. The molecule has 1 fully saturated rings. The molecule has 0 atom stereocenters. The van der Waals surface area contributed by atoms with Crippen LogP contribution in [0.3, 0.4) is 0 Å². The van der Waals surface area contributed by atoms with Crippen LogP contribution in [0.15, 0.2) is 24.8 Å². The Hall–Kier alpha value is -1.24. The number of benzene rings is 1. The Morgan fingerprint density at radius 2 is 2.23 bits per heavy atom. The first-order valence-corrected chi connectivity index (χ1v) is 4.57. The molecule has 0 unspecified atom stereocenters. The van der Waals surface area contributed by atoms with Gasteiger partial charge in [-0.05, 0) is 30.4 Å². The monoisotopic (exact) mass is 173 g/mol. The van der Waals surface area contributed by atoms with Gasteiger partial charge in [-0.2, -0.15) is 0 Å². The maximum absolute atomic E-state index is 5.37. The van der Waals surface area contributed by atoms with Crippen molar-refractivity contribution in [1.82, 2.24) is 0 Å². The third-order valence-electron chi connectivity index (χ3n) is 2.46. The smallest absolute Gasteiger partial charge is 0.130 e. The molecule has 1 aliphatic rings. The summed E-state index contributed by atoms with van der Waals surface area (Å²) in [6.45, 7) is 3.66. The first-order valence-electron chi connectivity index (χ1n) is 4.57. The van der Waals surface area contributed by atoms with Crippen LogP contribution in [0.2, 0.25) is 0 Å². The standard InChI is InChI=1S/C12H13O/c1-3-9-5-4-6-11(10-7-8-10)12(9)13-2/h4-6,10H,1,7-8H2,2H3. The minimum absolute atomic E-state index is 0.711. The van der Waals surface area contributed by atoms with E-state index in [2.05, 4.69) is 18.7 Å². The molecule has 0 amide bonds. The molecule has 67 valence electrons. The van der Waals surface area contributed by atoms with Gasteiger partial charge in [0.25, 0.3) is 0 Å². The highest BCUT2D eigenvalue weighted by molar-refractivity contribution is 5.47. The van der Waals surface area contributed by atoms with Crippen molar-refractivity contribution >= 4 is 0 Å². The first-order chi connectivity index (χ1) is 6.36. The van der Waals surface area contributed by atoms with Gasteiger partial charge in [-0.25, -0.2) is 0 Å². The Morgan fingerprint density at radius 1 is 1.46 bits per heavy atom. The highest BCUT2D eigenvalue weighted by atomic mass is 16.5. The lowest BCUT2D eigenvalue weighted by molar-refractivity contribution is 0.408. The molecule has 1 aromatic rings. The molecular weight excluding hydrogens is 160 g/mol. The van der Waals surface area contributed by atoms with Crippen LogP contribution in [0.4, 0.5) is 0 Å². The molecule has 1 aliphatic carbocycles. The molecule has 1 heteroatoms. The fourth-order valence-electron chi connectivity index (χ4n) is 1.64.